The molecule has 5 nitrogen and oxygen atoms in total. The quantitative estimate of drug-likeness (QED) is 0.302. The molecule has 0 aliphatic heterocycles. The van der Waals surface area contributed by atoms with Crippen LogP contribution in [-0.2, 0) is 15.1 Å². The van der Waals surface area contributed by atoms with E-state index in [1.165, 1.54) is 6.08 Å². The van der Waals surface area contributed by atoms with E-state index < -0.39 is 5.54 Å². The van der Waals surface area contributed by atoms with E-state index >= 15 is 0 Å². The van der Waals surface area contributed by atoms with Crippen LogP contribution in [0.4, 0.5) is 0 Å². The number of pyridine rings is 1. The number of halogens is 1. The standard InChI is InChI=1S/C27H32ClN3O2/c1-3-31(18-19-33-26(32)13-10-21-8-5-4-6-9-21)17-7-15-27(2,29)24-14-16-30-25-20-22(28)11-12-23(24)25/h4-6,8-14,16,20H,3,7,15,17-19,29H2,1-2H3. The molecule has 0 bridgehead atoms. The maximum atomic E-state index is 12.0. The number of carbonyl (C=O) groups is 1. The zero-order chi connectivity index (χ0) is 23.7. The molecular formula is C27H32ClN3O2. The predicted molar refractivity (Wildman–Crippen MR) is 136 cm³/mol. The molecule has 0 radical (unpaired) electrons. The molecule has 0 amide bonds. The molecule has 1 heterocycles. The minimum atomic E-state index is -0.483. The third-order valence-corrected chi connectivity index (χ3v) is 6.04. The van der Waals surface area contributed by atoms with Gasteiger partial charge in [0.1, 0.15) is 6.61 Å². The fourth-order valence-electron chi connectivity index (χ4n) is 3.90. The van der Waals surface area contributed by atoms with E-state index in [4.69, 9.17) is 22.1 Å². The van der Waals surface area contributed by atoms with E-state index in [-0.39, 0.29) is 5.97 Å². The Morgan fingerprint density at radius 1 is 1.18 bits per heavy atom. The van der Waals surface area contributed by atoms with Crippen LogP contribution in [0, 0.1) is 0 Å². The number of hydrogen-bond acceptors (Lipinski definition) is 5. The molecule has 0 saturated carbocycles. The molecule has 0 aliphatic carbocycles. The average Bonchev–Trinajstić information content (AvgIpc) is 2.81. The summed E-state index contributed by atoms with van der Waals surface area (Å²) in [5, 5.41) is 1.70. The van der Waals surface area contributed by atoms with Crippen molar-refractivity contribution in [2.24, 2.45) is 5.73 Å². The Kier molecular flexibility index (Phi) is 9.01. The van der Waals surface area contributed by atoms with Gasteiger partial charge in [0.25, 0.3) is 0 Å². The molecule has 174 valence electrons. The molecule has 33 heavy (non-hydrogen) atoms. The second-order valence-corrected chi connectivity index (χ2v) is 8.82. The maximum Gasteiger partial charge on any atom is 0.330 e. The van der Waals surface area contributed by atoms with Crippen LogP contribution >= 0.6 is 11.6 Å². The molecule has 0 aliphatic rings. The third-order valence-electron chi connectivity index (χ3n) is 5.80. The van der Waals surface area contributed by atoms with Gasteiger partial charge in [-0.25, -0.2) is 4.79 Å². The second-order valence-electron chi connectivity index (χ2n) is 8.39. The summed E-state index contributed by atoms with van der Waals surface area (Å²) in [6.45, 7) is 7.00. The van der Waals surface area contributed by atoms with Crippen LogP contribution in [0.2, 0.25) is 5.02 Å². The number of fused-ring (bicyclic) bond motifs is 1. The summed E-state index contributed by atoms with van der Waals surface area (Å²) >= 11 is 6.11. The molecule has 0 spiro atoms. The Bertz CT molecular complexity index is 1080. The molecule has 2 aromatic carbocycles. The van der Waals surface area contributed by atoms with Crippen molar-refractivity contribution < 1.29 is 9.53 Å². The number of nitrogens with two attached hydrogens (primary N) is 1. The van der Waals surface area contributed by atoms with Crippen molar-refractivity contribution in [1.29, 1.82) is 0 Å². The minimum Gasteiger partial charge on any atom is -0.461 e. The molecule has 3 rings (SSSR count). The first-order chi connectivity index (χ1) is 15.9. The van der Waals surface area contributed by atoms with Gasteiger partial charge in [0, 0.05) is 34.8 Å². The Labute approximate surface area is 201 Å². The highest BCUT2D eigenvalue weighted by Gasteiger charge is 2.23. The lowest BCUT2D eigenvalue weighted by molar-refractivity contribution is -0.138. The Balaban J connectivity index is 1.46. The molecular weight excluding hydrogens is 434 g/mol. The smallest absolute Gasteiger partial charge is 0.330 e. The highest BCUT2D eigenvalue weighted by molar-refractivity contribution is 6.31. The van der Waals surface area contributed by atoms with Gasteiger partial charge in [0.15, 0.2) is 0 Å². The molecule has 1 aromatic heterocycles. The van der Waals surface area contributed by atoms with Crippen molar-refractivity contribution in [3.63, 3.8) is 0 Å². The van der Waals surface area contributed by atoms with Crippen molar-refractivity contribution in [3.05, 3.63) is 83.0 Å². The van der Waals surface area contributed by atoms with E-state index in [1.54, 1.807) is 12.3 Å². The van der Waals surface area contributed by atoms with Crippen LogP contribution in [0.1, 0.15) is 37.8 Å². The maximum absolute atomic E-state index is 12.0. The average molecular weight is 466 g/mol. The molecule has 2 N–H and O–H groups in total. The Hall–Kier alpha value is -2.73. The van der Waals surface area contributed by atoms with Crippen LogP contribution in [0.25, 0.3) is 17.0 Å². The molecule has 0 fully saturated rings. The minimum absolute atomic E-state index is 0.325. The Morgan fingerprint density at radius 3 is 2.73 bits per heavy atom. The fourth-order valence-corrected chi connectivity index (χ4v) is 4.07. The van der Waals surface area contributed by atoms with Crippen molar-refractivity contribution in [1.82, 2.24) is 9.88 Å². The third kappa shape index (κ3) is 7.39. The summed E-state index contributed by atoms with van der Waals surface area (Å²) in [7, 11) is 0. The van der Waals surface area contributed by atoms with Crippen molar-refractivity contribution in [2.75, 3.05) is 26.2 Å². The first-order valence-corrected chi connectivity index (χ1v) is 11.7. The summed E-state index contributed by atoms with van der Waals surface area (Å²) in [5.41, 5.74) is 9.16. The monoisotopic (exact) mass is 465 g/mol. The van der Waals surface area contributed by atoms with Gasteiger partial charge in [-0.1, -0.05) is 54.9 Å². The van der Waals surface area contributed by atoms with Crippen LogP contribution in [-0.4, -0.2) is 42.1 Å². The zero-order valence-corrected chi connectivity index (χ0v) is 20.1. The van der Waals surface area contributed by atoms with Gasteiger partial charge in [-0.05, 0) is 68.3 Å². The number of likely N-dealkylation sites (N-methyl/N-ethyl adjacent to an activating group) is 1. The van der Waals surface area contributed by atoms with Crippen LogP contribution in [0.5, 0.6) is 0 Å². The number of benzene rings is 2. The van der Waals surface area contributed by atoms with Crippen LogP contribution in [0.15, 0.2) is 66.9 Å². The van der Waals surface area contributed by atoms with Crippen LogP contribution < -0.4 is 5.73 Å². The Morgan fingerprint density at radius 2 is 1.97 bits per heavy atom. The number of aromatic nitrogens is 1. The van der Waals surface area contributed by atoms with Gasteiger partial charge in [0.2, 0.25) is 0 Å². The van der Waals surface area contributed by atoms with Crippen molar-refractivity contribution in [2.45, 2.75) is 32.2 Å². The van der Waals surface area contributed by atoms with Gasteiger partial charge in [0.05, 0.1) is 5.52 Å². The van der Waals surface area contributed by atoms with Crippen LogP contribution in [0.3, 0.4) is 0 Å². The topological polar surface area (TPSA) is 68.4 Å². The first-order valence-electron chi connectivity index (χ1n) is 11.3. The molecule has 1 atom stereocenters. The normalized spacial score (nSPS) is 13.5. The lowest BCUT2D eigenvalue weighted by Crippen LogP contribution is -2.35. The van der Waals surface area contributed by atoms with E-state index in [9.17, 15) is 4.79 Å². The number of esters is 1. The van der Waals surface area contributed by atoms with Gasteiger partial charge >= 0.3 is 5.97 Å². The molecule has 1 unspecified atom stereocenters. The van der Waals surface area contributed by atoms with Gasteiger partial charge < -0.3 is 15.4 Å². The summed E-state index contributed by atoms with van der Waals surface area (Å²) < 4.78 is 5.36. The lowest BCUT2D eigenvalue weighted by atomic mass is 9.86. The van der Waals surface area contributed by atoms with E-state index in [0.29, 0.717) is 18.2 Å². The van der Waals surface area contributed by atoms with Gasteiger partial charge in [-0.15, -0.1) is 0 Å². The van der Waals surface area contributed by atoms with Gasteiger partial charge in [-0.3, -0.25) is 4.98 Å². The fraction of sp³-hybridized carbons (Fsp3) is 0.333. The number of hydrogen-bond donors (Lipinski definition) is 1. The first kappa shape index (κ1) is 24.9. The molecule has 6 heteroatoms. The number of nitrogens with zero attached hydrogens (tertiary/aromatic N) is 2. The summed E-state index contributed by atoms with van der Waals surface area (Å²) in [5.74, 6) is -0.325. The highest BCUT2D eigenvalue weighted by Crippen LogP contribution is 2.30. The summed E-state index contributed by atoms with van der Waals surface area (Å²) in [6, 6.07) is 17.4. The van der Waals surface area contributed by atoms with Crippen molar-refractivity contribution in [3.8, 4) is 0 Å². The van der Waals surface area contributed by atoms with E-state index in [1.807, 2.05) is 54.6 Å². The molecule has 0 saturated heterocycles. The number of rotatable bonds is 11. The van der Waals surface area contributed by atoms with Crippen molar-refractivity contribution >= 4 is 34.5 Å². The second kappa shape index (κ2) is 11.9. The molecule has 3 aromatic rings. The zero-order valence-electron chi connectivity index (χ0n) is 19.3. The van der Waals surface area contributed by atoms with E-state index in [0.717, 1.165) is 48.0 Å². The predicted octanol–water partition coefficient (Wildman–Crippen LogP) is 5.42. The number of ether oxygens (including phenoxy) is 1. The summed E-state index contributed by atoms with van der Waals surface area (Å²) in [4.78, 5) is 18.7. The lowest BCUT2D eigenvalue weighted by Gasteiger charge is -2.28. The number of carbonyl (C=O) groups excluding carboxylic acids is 1. The van der Waals surface area contributed by atoms with E-state index in [2.05, 4.69) is 23.7 Å². The SMILES string of the molecule is CCN(CCCC(C)(N)c1ccnc2cc(Cl)ccc12)CCOC(=O)C=Cc1ccccc1. The highest BCUT2D eigenvalue weighted by atomic mass is 35.5. The summed E-state index contributed by atoms with van der Waals surface area (Å²) in [6.07, 6.45) is 6.78. The van der Waals surface area contributed by atoms with Gasteiger partial charge in [-0.2, -0.15) is 0 Å². The largest absolute Gasteiger partial charge is 0.461 e.